The molecule has 0 saturated heterocycles. The largest absolute Gasteiger partial charge is 0.335 e. The predicted molar refractivity (Wildman–Crippen MR) is 63.7 cm³/mol. The summed E-state index contributed by atoms with van der Waals surface area (Å²) in [6.07, 6.45) is 2.06. The van der Waals surface area contributed by atoms with E-state index in [-0.39, 0.29) is 0 Å². The van der Waals surface area contributed by atoms with Crippen molar-refractivity contribution in [1.82, 2.24) is 10.1 Å². The summed E-state index contributed by atoms with van der Waals surface area (Å²) in [7, 11) is 0. The number of nitrogens with zero attached hydrogens (tertiary/aromatic N) is 2. The van der Waals surface area contributed by atoms with E-state index in [1.54, 1.807) is 12.1 Å². The third-order valence-electron chi connectivity index (χ3n) is 2.00. The Kier molecular flexibility index (Phi) is 3.27. The van der Waals surface area contributed by atoms with E-state index in [0.29, 0.717) is 28.2 Å². The van der Waals surface area contributed by atoms with Crippen molar-refractivity contribution in [1.29, 1.82) is 0 Å². The van der Waals surface area contributed by atoms with Gasteiger partial charge < -0.3 is 4.52 Å². The molecule has 0 spiro atoms. The van der Waals surface area contributed by atoms with Crippen LogP contribution in [0.1, 0.15) is 17.3 Å². The van der Waals surface area contributed by atoms with Gasteiger partial charge in [-0.3, -0.25) is 0 Å². The number of aromatic nitrogens is 2. The minimum Gasteiger partial charge on any atom is -0.335 e. The zero-order valence-electron chi connectivity index (χ0n) is 8.28. The molecule has 0 N–H and O–H groups in total. The second-order valence-corrected chi connectivity index (χ2v) is 3.99. The Morgan fingerprint density at radius 3 is 2.75 bits per heavy atom. The summed E-state index contributed by atoms with van der Waals surface area (Å²) in [5.74, 6) is 1.00. The van der Waals surface area contributed by atoms with Crippen LogP contribution in [-0.2, 0) is 6.42 Å². The van der Waals surface area contributed by atoms with E-state index in [4.69, 9.17) is 27.7 Å². The molecule has 5 heteroatoms. The van der Waals surface area contributed by atoms with Crippen molar-refractivity contribution in [2.45, 2.75) is 6.42 Å². The Balaban J connectivity index is 2.20. The van der Waals surface area contributed by atoms with Gasteiger partial charge in [-0.15, -0.1) is 0 Å². The van der Waals surface area contributed by atoms with Crippen LogP contribution in [0.4, 0.5) is 0 Å². The highest BCUT2D eigenvalue weighted by Gasteiger charge is 2.06. The molecular weight excluding hydrogens is 247 g/mol. The molecule has 1 heterocycles. The van der Waals surface area contributed by atoms with Crippen molar-refractivity contribution in [3.8, 4) is 0 Å². The fourth-order valence-electron chi connectivity index (χ4n) is 1.25. The van der Waals surface area contributed by atoms with Crippen LogP contribution >= 0.6 is 23.2 Å². The van der Waals surface area contributed by atoms with Gasteiger partial charge in [-0.1, -0.05) is 41.0 Å². The van der Waals surface area contributed by atoms with Crippen LogP contribution in [0, 0.1) is 0 Å². The van der Waals surface area contributed by atoms with Gasteiger partial charge in [0.15, 0.2) is 5.82 Å². The average molecular weight is 255 g/mol. The average Bonchev–Trinajstić information content (AvgIpc) is 2.71. The van der Waals surface area contributed by atoms with E-state index in [2.05, 4.69) is 16.7 Å². The van der Waals surface area contributed by atoms with Gasteiger partial charge in [0, 0.05) is 6.42 Å². The highest BCUT2D eigenvalue weighted by Crippen LogP contribution is 2.23. The van der Waals surface area contributed by atoms with Crippen LogP contribution in [0.3, 0.4) is 0 Å². The molecule has 16 heavy (non-hydrogen) atoms. The van der Waals surface area contributed by atoms with E-state index >= 15 is 0 Å². The molecular formula is C11H8Cl2N2O. The predicted octanol–water partition coefficient (Wildman–Crippen LogP) is 3.61. The number of rotatable bonds is 3. The molecule has 82 valence electrons. The zero-order chi connectivity index (χ0) is 11.5. The molecule has 0 atom stereocenters. The topological polar surface area (TPSA) is 38.9 Å². The monoisotopic (exact) mass is 254 g/mol. The van der Waals surface area contributed by atoms with Gasteiger partial charge in [-0.05, 0) is 23.8 Å². The first-order valence-electron chi connectivity index (χ1n) is 4.58. The minimum atomic E-state index is 0.412. The van der Waals surface area contributed by atoms with Crippen LogP contribution in [0.5, 0.6) is 0 Å². The van der Waals surface area contributed by atoms with Crippen LogP contribution < -0.4 is 0 Å². The highest BCUT2D eigenvalue weighted by molar-refractivity contribution is 6.42. The van der Waals surface area contributed by atoms with Gasteiger partial charge in [0.1, 0.15) is 0 Å². The SMILES string of the molecule is C=Cc1nc(Cc2ccc(Cl)c(Cl)c2)no1. The Hall–Kier alpha value is -1.32. The second-order valence-electron chi connectivity index (χ2n) is 3.18. The smallest absolute Gasteiger partial charge is 0.250 e. The molecule has 0 radical (unpaired) electrons. The Bertz CT molecular complexity index is 522. The Morgan fingerprint density at radius 1 is 1.31 bits per heavy atom. The van der Waals surface area contributed by atoms with Crippen LogP contribution in [0.15, 0.2) is 29.3 Å². The molecule has 0 aliphatic carbocycles. The molecule has 0 saturated carbocycles. The fraction of sp³-hybridized carbons (Fsp3) is 0.0909. The normalized spacial score (nSPS) is 10.4. The molecule has 0 aliphatic heterocycles. The third kappa shape index (κ3) is 2.43. The first-order valence-corrected chi connectivity index (χ1v) is 5.33. The molecule has 1 aromatic carbocycles. The Morgan fingerprint density at radius 2 is 2.12 bits per heavy atom. The second kappa shape index (κ2) is 4.68. The number of hydrogen-bond acceptors (Lipinski definition) is 3. The van der Waals surface area contributed by atoms with Gasteiger partial charge in [0.2, 0.25) is 5.89 Å². The lowest BCUT2D eigenvalue weighted by molar-refractivity contribution is 0.404. The molecule has 3 nitrogen and oxygen atoms in total. The maximum atomic E-state index is 5.90. The summed E-state index contributed by atoms with van der Waals surface area (Å²) in [6.45, 7) is 3.54. The summed E-state index contributed by atoms with van der Waals surface area (Å²) in [5.41, 5.74) is 0.978. The van der Waals surface area contributed by atoms with E-state index < -0.39 is 0 Å². The summed E-state index contributed by atoms with van der Waals surface area (Å²) in [4.78, 5) is 4.10. The van der Waals surface area contributed by atoms with Crippen molar-refractivity contribution in [2.24, 2.45) is 0 Å². The van der Waals surface area contributed by atoms with Crippen molar-refractivity contribution in [2.75, 3.05) is 0 Å². The number of hydrogen-bond donors (Lipinski definition) is 0. The third-order valence-corrected chi connectivity index (χ3v) is 2.74. The van der Waals surface area contributed by atoms with E-state index in [0.717, 1.165) is 5.56 Å². The van der Waals surface area contributed by atoms with Gasteiger partial charge in [-0.2, -0.15) is 4.98 Å². The fourth-order valence-corrected chi connectivity index (χ4v) is 1.58. The first-order chi connectivity index (χ1) is 7.69. The van der Waals surface area contributed by atoms with E-state index in [1.165, 1.54) is 6.08 Å². The summed E-state index contributed by atoms with van der Waals surface area (Å²) >= 11 is 11.7. The number of halogens is 2. The molecule has 0 bridgehead atoms. The Labute approximate surface area is 103 Å². The van der Waals surface area contributed by atoms with Crippen molar-refractivity contribution < 1.29 is 4.52 Å². The molecule has 0 unspecified atom stereocenters. The standard InChI is InChI=1S/C11H8Cl2N2O/c1-2-11-14-10(15-16-11)6-7-3-4-8(12)9(13)5-7/h2-5H,1,6H2. The number of benzene rings is 1. The minimum absolute atomic E-state index is 0.412. The molecule has 0 fully saturated rings. The van der Waals surface area contributed by atoms with Crippen molar-refractivity contribution in [3.63, 3.8) is 0 Å². The lowest BCUT2D eigenvalue weighted by Crippen LogP contribution is -1.90. The van der Waals surface area contributed by atoms with Crippen molar-refractivity contribution >= 4 is 29.3 Å². The summed E-state index contributed by atoms with van der Waals surface area (Å²) in [6, 6.07) is 5.40. The zero-order valence-corrected chi connectivity index (χ0v) is 9.79. The molecule has 2 rings (SSSR count). The quantitative estimate of drug-likeness (QED) is 0.840. The molecule has 0 amide bonds. The lowest BCUT2D eigenvalue weighted by atomic mass is 10.1. The highest BCUT2D eigenvalue weighted by atomic mass is 35.5. The maximum Gasteiger partial charge on any atom is 0.250 e. The van der Waals surface area contributed by atoms with Crippen molar-refractivity contribution in [3.05, 3.63) is 52.1 Å². The maximum absolute atomic E-state index is 5.90. The molecule has 0 aliphatic rings. The first kappa shape index (κ1) is 11.2. The van der Waals surface area contributed by atoms with E-state index in [9.17, 15) is 0 Å². The lowest BCUT2D eigenvalue weighted by Gasteiger charge is -1.99. The van der Waals surface area contributed by atoms with Gasteiger partial charge in [-0.25, -0.2) is 0 Å². The van der Waals surface area contributed by atoms with Gasteiger partial charge in [0.25, 0.3) is 0 Å². The van der Waals surface area contributed by atoms with Crippen LogP contribution in [0.2, 0.25) is 10.0 Å². The molecule has 2 aromatic rings. The summed E-state index contributed by atoms with van der Waals surface area (Å²) in [5, 5.41) is 4.85. The van der Waals surface area contributed by atoms with Gasteiger partial charge >= 0.3 is 0 Å². The van der Waals surface area contributed by atoms with Gasteiger partial charge in [0.05, 0.1) is 10.0 Å². The summed E-state index contributed by atoms with van der Waals surface area (Å²) < 4.78 is 4.90. The van der Waals surface area contributed by atoms with Crippen LogP contribution in [0.25, 0.3) is 6.08 Å². The van der Waals surface area contributed by atoms with Crippen LogP contribution in [-0.4, -0.2) is 10.1 Å². The molecule has 1 aromatic heterocycles. The van der Waals surface area contributed by atoms with E-state index in [1.807, 2.05) is 6.07 Å².